The molecule has 1 saturated heterocycles. The van der Waals surface area contributed by atoms with E-state index in [2.05, 4.69) is 4.98 Å². The molecule has 2 N–H and O–H groups in total. The molecule has 2 rings (SSSR count). The second-order valence-electron chi connectivity index (χ2n) is 3.80. The van der Waals surface area contributed by atoms with Crippen LogP contribution in [0.1, 0.15) is 0 Å². The number of hydrogen-bond donors (Lipinski definition) is 2. The van der Waals surface area contributed by atoms with Crippen molar-refractivity contribution in [3.05, 3.63) is 24.3 Å². The molecule has 1 aromatic heterocycles. The van der Waals surface area contributed by atoms with Crippen LogP contribution in [0.5, 0.6) is 0 Å². The Morgan fingerprint density at radius 3 is 2.41 bits per heavy atom. The van der Waals surface area contributed by atoms with E-state index in [9.17, 15) is 23.0 Å². The van der Waals surface area contributed by atoms with Gasteiger partial charge in [0, 0.05) is 19.3 Å². The van der Waals surface area contributed by atoms with Crippen LogP contribution in [0.25, 0.3) is 0 Å². The van der Waals surface area contributed by atoms with Gasteiger partial charge in [0.25, 0.3) is 0 Å². The first-order valence-electron chi connectivity index (χ1n) is 4.88. The zero-order valence-electron chi connectivity index (χ0n) is 8.69. The summed E-state index contributed by atoms with van der Waals surface area (Å²) in [6, 6.07) is 0.847. The van der Waals surface area contributed by atoms with Gasteiger partial charge in [-0.05, 0) is 6.07 Å². The molecule has 0 aliphatic carbocycles. The van der Waals surface area contributed by atoms with E-state index in [4.69, 9.17) is 0 Å². The maximum absolute atomic E-state index is 12.9. The number of halogens is 1. The lowest BCUT2D eigenvalue weighted by Crippen LogP contribution is -2.30. The standard InChI is InChI=1S/C9H11FN2O4S/c10-6-1-7(3-11-2-6)17(15,16)12-4-8(13)9(14)5-12/h1-3,8-9,13-14H,4-5H2. The molecule has 1 aromatic rings. The summed E-state index contributed by atoms with van der Waals surface area (Å²) in [5.41, 5.74) is 0. The molecule has 0 spiro atoms. The van der Waals surface area contributed by atoms with Crippen molar-refractivity contribution in [3.8, 4) is 0 Å². The SMILES string of the molecule is O=S(=O)(c1cncc(F)c1)N1CC(O)C(O)C1. The summed E-state index contributed by atoms with van der Waals surface area (Å²) >= 11 is 0. The van der Waals surface area contributed by atoms with E-state index in [1.807, 2.05) is 0 Å². The van der Waals surface area contributed by atoms with Gasteiger partial charge in [-0.2, -0.15) is 4.31 Å². The van der Waals surface area contributed by atoms with Gasteiger partial charge in [-0.25, -0.2) is 12.8 Å². The summed E-state index contributed by atoms with van der Waals surface area (Å²) < 4.78 is 37.7. The minimum atomic E-state index is -3.92. The number of hydrogen-bond acceptors (Lipinski definition) is 5. The highest BCUT2D eigenvalue weighted by Crippen LogP contribution is 2.21. The van der Waals surface area contributed by atoms with Crippen molar-refractivity contribution in [2.24, 2.45) is 0 Å². The Bertz CT molecular complexity index is 511. The predicted molar refractivity (Wildman–Crippen MR) is 55.0 cm³/mol. The fraction of sp³-hybridized carbons (Fsp3) is 0.444. The highest BCUT2D eigenvalue weighted by atomic mass is 32.2. The molecule has 0 bridgehead atoms. The summed E-state index contributed by atoms with van der Waals surface area (Å²) in [6.45, 7) is -0.417. The third kappa shape index (κ3) is 2.29. The average molecular weight is 262 g/mol. The van der Waals surface area contributed by atoms with Gasteiger partial charge in [0.05, 0.1) is 18.4 Å². The predicted octanol–water partition coefficient (Wildman–Crippen LogP) is -1.05. The molecule has 0 radical (unpaired) electrons. The fourth-order valence-electron chi connectivity index (χ4n) is 1.61. The van der Waals surface area contributed by atoms with Gasteiger partial charge < -0.3 is 10.2 Å². The number of β-amino-alcohol motifs (C(OH)–C–C–N with tert-alkyl or cyclic N) is 2. The molecule has 2 unspecified atom stereocenters. The van der Waals surface area contributed by atoms with Crippen LogP contribution >= 0.6 is 0 Å². The monoisotopic (exact) mass is 262 g/mol. The Morgan fingerprint density at radius 1 is 1.29 bits per heavy atom. The van der Waals surface area contributed by atoms with Crippen molar-refractivity contribution < 1.29 is 23.0 Å². The van der Waals surface area contributed by atoms with Gasteiger partial charge >= 0.3 is 0 Å². The van der Waals surface area contributed by atoms with Crippen LogP contribution in [0.15, 0.2) is 23.4 Å². The van der Waals surface area contributed by atoms with Crippen LogP contribution in [0, 0.1) is 5.82 Å². The van der Waals surface area contributed by atoms with Gasteiger partial charge in [-0.15, -0.1) is 0 Å². The quantitative estimate of drug-likeness (QED) is 0.709. The molecule has 17 heavy (non-hydrogen) atoms. The molecule has 94 valence electrons. The van der Waals surface area contributed by atoms with E-state index in [0.717, 1.165) is 22.8 Å². The Morgan fingerprint density at radius 2 is 1.88 bits per heavy atom. The molecule has 1 aliphatic rings. The lowest BCUT2D eigenvalue weighted by Gasteiger charge is -2.14. The van der Waals surface area contributed by atoms with Crippen molar-refractivity contribution in [3.63, 3.8) is 0 Å². The number of aliphatic hydroxyl groups is 2. The molecule has 1 fully saturated rings. The van der Waals surface area contributed by atoms with Crippen LogP contribution in [-0.4, -0.2) is 53.2 Å². The largest absolute Gasteiger partial charge is 0.389 e. The summed E-state index contributed by atoms with van der Waals surface area (Å²) in [7, 11) is -3.92. The Kier molecular flexibility index (Phi) is 3.13. The van der Waals surface area contributed by atoms with Crippen molar-refractivity contribution in [1.82, 2.24) is 9.29 Å². The second kappa shape index (κ2) is 4.30. The van der Waals surface area contributed by atoms with Crippen molar-refractivity contribution >= 4 is 10.0 Å². The van der Waals surface area contributed by atoms with Gasteiger partial charge in [0.1, 0.15) is 10.7 Å². The van der Waals surface area contributed by atoms with Crippen LogP contribution in [0.4, 0.5) is 4.39 Å². The van der Waals surface area contributed by atoms with Gasteiger partial charge in [-0.3, -0.25) is 4.98 Å². The highest BCUT2D eigenvalue weighted by molar-refractivity contribution is 7.89. The zero-order chi connectivity index (χ0) is 12.6. The highest BCUT2D eigenvalue weighted by Gasteiger charge is 2.37. The minimum absolute atomic E-state index is 0.208. The van der Waals surface area contributed by atoms with Gasteiger partial charge in [0.2, 0.25) is 10.0 Å². The summed E-state index contributed by atoms with van der Waals surface area (Å²) in [5.74, 6) is -0.758. The minimum Gasteiger partial charge on any atom is -0.389 e. The molecule has 6 nitrogen and oxygen atoms in total. The average Bonchev–Trinajstić information content (AvgIpc) is 2.60. The van der Waals surface area contributed by atoms with E-state index in [-0.39, 0.29) is 18.0 Å². The number of rotatable bonds is 2. The first kappa shape index (κ1) is 12.4. The number of nitrogens with zero attached hydrogens (tertiary/aromatic N) is 2. The number of aromatic nitrogens is 1. The summed E-state index contributed by atoms with van der Waals surface area (Å²) in [5, 5.41) is 18.6. The smallest absolute Gasteiger partial charge is 0.244 e. The number of pyridine rings is 1. The maximum atomic E-state index is 12.9. The summed E-state index contributed by atoms with van der Waals surface area (Å²) in [6.07, 6.45) is -0.320. The maximum Gasteiger partial charge on any atom is 0.244 e. The first-order valence-corrected chi connectivity index (χ1v) is 6.32. The lowest BCUT2D eigenvalue weighted by molar-refractivity contribution is 0.0572. The van der Waals surface area contributed by atoms with E-state index in [0.29, 0.717) is 0 Å². The normalized spacial score (nSPS) is 26.3. The van der Waals surface area contributed by atoms with Crippen LogP contribution in [0.3, 0.4) is 0 Å². The Labute approximate surface area is 97.4 Å². The molecule has 8 heteroatoms. The molecular formula is C9H11FN2O4S. The van der Waals surface area contributed by atoms with Crippen molar-refractivity contribution in [2.75, 3.05) is 13.1 Å². The Balaban J connectivity index is 2.32. The van der Waals surface area contributed by atoms with Gasteiger partial charge in [-0.1, -0.05) is 0 Å². The Hall–Kier alpha value is -1.09. The van der Waals surface area contributed by atoms with Crippen molar-refractivity contribution in [2.45, 2.75) is 17.1 Å². The zero-order valence-corrected chi connectivity index (χ0v) is 9.51. The fourth-order valence-corrected chi connectivity index (χ4v) is 3.07. The molecule has 2 heterocycles. The molecule has 0 aromatic carbocycles. The van der Waals surface area contributed by atoms with Crippen LogP contribution in [0.2, 0.25) is 0 Å². The topological polar surface area (TPSA) is 90.7 Å². The third-order valence-corrected chi connectivity index (χ3v) is 4.34. The second-order valence-corrected chi connectivity index (χ2v) is 5.73. The molecule has 0 amide bonds. The molecule has 1 aliphatic heterocycles. The third-order valence-electron chi connectivity index (χ3n) is 2.54. The van der Waals surface area contributed by atoms with Crippen LogP contribution in [-0.2, 0) is 10.0 Å². The first-order chi connectivity index (χ1) is 7.91. The van der Waals surface area contributed by atoms with E-state index >= 15 is 0 Å². The molecular weight excluding hydrogens is 251 g/mol. The number of aliphatic hydroxyl groups excluding tert-OH is 2. The summed E-state index contributed by atoms with van der Waals surface area (Å²) in [4.78, 5) is 3.16. The van der Waals surface area contributed by atoms with Crippen molar-refractivity contribution in [1.29, 1.82) is 0 Å². The lowest BCUT2D eigenvalue weighted by atomic mass is 10.3. The van der Waals surface area contributed by atoms with E-state index in [1.54, 1.807) is 0 Å². The van der Waals surface area contributed by atoms with Crippen LogP contribution < -0.4 is 0 Å². The number of sulfonamides is 1. The van der Waals surface area contributed by atoms with E-state index < -0.39 is 28.0 Å². The van der Waals surface area contributed by atoms with E-state index in [1.165, 1.54) is 0 Å². The van der Waals surface area contributed by atoms with Gasteiger partial charge in [0.15, 0.2) is 0 Å². The molecule has 0 saturated carbocycles. The molecule has 2 atom stereocenters.